The molecule has 1 saturated heterocycles. The Morgan fingerprint density at radius 1 is 1.22 bits per heavy atom. The van der Waals surface area contributed by atoms with Crippen LogP contribution in [0.2, 0.25) is 5.02 Å². The smallest absolute Gasteiger partial charge is 0.326 e. The van der Waals surface area contributed by atoms with Crippen LogP contribution in [0.1, 0.15) is 58.4 Å². The van der Waals surface area contributed by atoms with E-state index in [1.165, 1.54) is 12.8 Å². The van der Waals surface area contributed by atoms with Gasteiger partial charge in [-0.3, -0.25) is 9.47 Å². The minimum atomic E-state index is -0.0193. The first-order valence-corrected chi connectivity index (χ1v) is 10.6. The Morgan fingerprint density at radius 2 is 1.93 bits per heavy atom. The fourth-order valence-corrected chi connectivity index (χ4v) is 5.23. The van der Waals surface area contributed by atoms with Crippen molar-refractivity contribution in [3.8, 4) is 0 Å². The molecule has 1 saturated carbocycles. The molecule has 2 heterocycles. The van der Waals surface area contributed by atoms with Gasteiger partial charge >= 0.3 is 5.69 Å². The van der Waals surface area contributed by atoms with Crippen molar-refractivity contribution in [2.24, 2.45) is 0 Å². The third kappa shape index (κ3) is 3.69. The molecule has 6 heteroatoms. The van der Waals surface area contributed by atoms with Crippen LogP contribution in [0.15, 0.2) is 23.0 Å². The monoisotopic (exact) mass is 391 g/mol. The molecule has 1 aromatic carbocycles. The number of hydrogen-bond donors (Lipinski definition) is 1. The summed E-state index contributed by atoms with van der Waals surface area (Å²) in [6.45, 7) is 7.41. The Balaban J connectivity index is 1.44. The molecule has 5 nitrogen and oxygen atoms in total. The van der Waals surface area contributed by atoms with Crippen molar-refractivity contribution in [2.45, 2.75) is 70.1 Å². The standard InChI is InChI=1S/C21H30ClN3O2/c1-3-27-17-6-10-21(2,11-7-17)24-12-8-16(9-13-24)25-19-5-4-15(22)14-18(19)23-20(25)26/h4-5,14,16-17H,3,6-13H2,1-2H3,(H,23,26). The number of aromatic amines is 1. The summed E-state index contributed by atoms with van der Waals surface area (Å²) >= 11 is 6.07. The zero-order valence-corrected chi connectivity index (χ0v) is 17.1. The molecule has 0 bridgehead atoms. The largest absolute Gasteiger partial charge is 0.379 e. The van der Waals surface area contributed by atoms with E-state index in [0.29, 0.717) is 11.1 Å². The Bertz CT molecular complexity index is 843. The summed E-state index contributed by atoms with van der Waals surface area (Å²) in [7, 11) is 0. The molecule has 148 valence electrons. The number of fused-ring (bicyclic) bond motifs is 1. The predicted molar refractivity (Wildman–Crippen MR) is 110 cm³/mol. The molecular formula is C21H30ClN3O2. The lowest BCUT2D eigenvalue weighted by Gasteiger charge is -2.48. The molecule has 2 fully saturated rings. The maximum Gasteiger partial charge on any atom is 0.326 e. The molecule has 1 N–H and O–H groups in total. The van der Waals surface area contributed by atoms with Gasteiger partial charge in [-0.25, -0.2) is 4.79 Å². The van der Waals surface area contributed by atoms with Crippen molar-refractivity contribution in [3.63, 3.8) is 0 Å². The second kappa shape index (κ2) is 7.61. The average molecular weight is 392 g/mol. The van der Waals surface area contributed by atoms with E-state index in [1.807, 2.05) is 22.8 Å². The third-order valence-electron chi connectivity index (χ3n) is 6.68. The first kappa shape index (κ1) is 19.0. The number of benzene rings is 1. The van der Waals surface area contributed by atoms with Crippen LogP contribution in [0.5, 0.6) is 0 Å². The van der Waals surface area contributed by atoms with Crippen LogP contribution >= 0.6 is 11.6 Å². The molecular weight excluding hydrogens is 362 g/mol. The number of likely N-dealkylation sites (tertiary alicyclic amines) is 1. The summed E-state index contributed by atoms with van der Waals surface area (Å²) in [4.78, 5) is 18.1. The summed E-state index contributed by atoms with van der Waals surface area (Å²) in [6, 6.07) is 5.91. The van der Waals surface area contributed by atoms with Gasteiger partial charge in [0, 0.05) is 36.3 Å². The number of nitrogens with zero attached hydrogens (tertiary/aromatic N) is 2. The highest BCUT2D eigenvalue weighted by molar-refractivity contribution is 6.31. The number of piperidine rings is 1. The van der Waals surface area contributed by atoms with Crippen molar-refractivity contribution >= 4 is 22.6 Å². The number of hydrogen-bond acceptors (Lipinski definition) is 3. The van der Waals surface area contributed by atoms with E-state index in [-0.39, 0.29) is 17.3 Å². The van der Waals surface area contributed by atoms with Crippen LogP contribution < -0.4 is 5.69 Å². The molecule has 1 aliphatic heterocycles. The van der Waals surface area contributed by atoms with E-state index in [0.717, 1.165) is 56.4 Å². The van der Waals surface area contributed by atoms with E-state index < -0.39 is 0 Å². The Morgan fingerprint density at radius 3 is 2.59 bits per heavy atom. The second-order valence-corrected chi connectivity index (χ2v) is 8.77. The highest BCUT2D eigenvalue weighted by atomic mass is 35.5. The van der Waals surface area contributed by atoms with Crippen LogP contribution in [-0.2, 0) is 4.74 Å². The number of imidazole rings is 1. The van der Waals surface area contributed by atoms with Crippen LogP contribution in [0.25, 0.3) is 11.0 Å². The molecule has 0 radical (unpaired) electrons. The highest BCUT2D eigenvalue weighted by Crippen LogP contribution is 2.38. The fourth-order valence-electron chi connectivity index (χ4n) is 5.06. The highest BCUT2D eigenvalue weighted by Gasteiger charge is 2.38. The molecule has 2 aliphatic rings. The molecule has 27 heavy (non-hydrogen) atoms. The lowest BCUT2D eigenvalue weighted by molar-refractivity contribution is -0.0273. The zero-order chi connectivity index (χ0) is 19.0. The fraction of sp³-hybridized carbons (Fsp3) is 0.667. The summed E-state index contributed by atoms with van der Waals surface area (Å²) in [5, 5.41) is 0.654. The van der Waals surface area contributed by atoms with Crippen molar-refractivity contribution in [3.05, 3.63) is 33.7 Å². The summed E-state index contributed by atoms with van der Waals surface area (Å²) < 4.78 is 7.76. The van der Waals surface area contributed by atoms with Gasteiger partial charge in [-0.05, 0) is 70.6 Å². The lowest BCUT2D eigenvalue weighted by atomic mass is 9.79. The quantitative estimate of drug-likeness (QED) is 0.842. The van der Waals surface area contributed by atoms with Gasteiger partial charge in [0.2, 0.25) is 0 Å². The normalized spacial score (nSPS) is 28.0. The van der Waals surface area contributed by atoms with Crippen molar-refractivity contribution < 1.29 is 4.74 Å². The van der Waals surface area contributed by atoms with Gasteiger partial charge < -0.3 is 9.72 Å². The topological polar surface area (TPSA) is 50.3 Å². The summed E-state index contributed by atoms with van der Waals surface area (Å²) in [5.41, 5.74) is 2.05. The third-order valence-corrected chi connectivity index (χ3v) is 6.92. The van der Waals surface area contributed by atoms with Crippen molar-refractivity contribution in [1.29, 1.82) is 0 Å². The van der Waals surface area contributed by atoms with Crippen LogP contribution in [-0.4, -0.2) is 45.8 Å². The molecule has 1 aliphatic carbocycles. The molecule has 0 atom stereocenters. The number of H-pyrrole nitrogens is 1. The van der Waals surface area contributed by atoms with Gasteiger partial charge in [0.25, 0.3) is 0 Å². The first-order valence-electron chi connectivity index (χ1n) is 10.3. The number of nitrogens with one attached hydrogen (secondary N) is 1. The van der Waals surface area contributed by atoms with E-state index >= 15 is 0 Å². The number of rotatable bonds is 4. The Hall–Kier alpha value is -1.30. The number of halogens is 1. The van der Waals surface area contributed by atoms with Gasteiger partial charge in [-0.2, -0.15) is 0 Å². The molecule has 4 rings (SSSR count). The average Bonchev–Trinajstić information content (AvgIpc) is 2.99. The minimum Gasteiger partial charge on any atom is -0.379 e. The lowest BCUT2D eigenvalue weighted by Crippen LogP contribution is -2.53. The Kier molecular flexibility index (Phi) is 5.36. The molecule has 0 amide bonds. The van der Waals surface area contributed by atoms with Crippen LogP contribution in [0.4, 0.5) is 0 Å². The van der Waals surface area contributed by atoms with Gasteiger partial charge in [0.1, 0.15) is 0 Å². The van der Waals surface area contributed by atoms with E-state index in [9.17, 15) is 4.79 Å². The van der Waals surface area contributed by atoms with Gasteiger partial charge in [0.05, 0.1) is 17.1 Å². The molecule has 2 aromatic rings. The number of aromatic nitrogens is 2. The zero-order valence-electron chi connectivity index (χ0n) is 16.3. The molecule has 0 unspecified atom stereocenters. The number of ether oxygens (including phenoxy) is 1. The maximum absolute atomic E-state index is 12.5. The molecule has 1 aromatic heterocycles. The maximum atomic E-state index is 12.5. The second-order valence-electron chi connectivity index (χ2n) is 8.33. The Labute approximate surface area is 165 Å². The van der Waals surface area contributed by atoms with Crippen molar-refractivity contribution in [2.75, 3.05) is 19.7 Å². The summed E-state index contributed by atoms with van der Waals surface area (Å²) in [6.07, 6.45) is 7.19. The summed E-state index contributed by atoms with van der Waals surface area (Å²) in [5.74, 6) is 0. The SMILES string of the molecule is CCOC1CCC(C)(N2CCC(n3c(=O)[nH]c4cc(Cl)ccc43)CC2)CC1. The predicted octanol–water partition coefficient (Wildman–Crippen LogP) is 4.36. The van der Waals surface area contributed by atoms with E-state index in [4.69, 9.17) is 16.3 Å². The van der Waals surface area contributed by atoms with Gasteiger partial charge in [0.15, 0.2) is 0 Å². The van der Waals surface area contributed by atoms with Gasteiger partial charge in [-0.15, -0.1) is 0 Å². The van der Waals surface area contributed by atoms with Gasteiger partial charge in [-0.1, -0.05) is 11.6 Å². The van der Waals surface area contributed by atoms with E-state index in [2.05, 4.69) is 23.7 Å². The molecule has 0 spiro atoms. The van der Waals surface area contributed by atoms with Crippen molar-refractivity contribution in [1.82, 2.24) is 14.5 Å². The first-order chi connectivity index (χ1) is 13.0. The van der Waals surface area contributed by atoms with Crippen LogP contribution in [0, 0.1) is 0 Å². The van der Waals surface area contributed by atoms with E-state index in [1.54, 1.807) is 0 Å². The minimum absolute atomic E-state index is 0.0193. The van der Waals surface area contributed by atoms with Crippen LogP contribution in [0.3, 0.4) is 0 Å².